The van der Waals surface area contributed by atoms with E-state index in [0.29, 0.717) is 17.0 Å². The van der Waals surface area contributed by atoms with E-state index in [2.05, 4.69) is 11.1 Å². The number of aromatic nitrogens is 1. The molecule has 5 nitrogen and oxygen atoms in total. The maximum atomic E-state index is 13.0. The van der Waals surface area contributed by atoms with Crippen LogP contribution in [0.15, 0.2) is 36.4 Å². The van der Waals surface area contributed by atoms with Crippen LogP contribution in [0.25, 0.3) is 10.9 Å². The molecule has 0 saturated heterocycles. The van der Waals surface area contributed by atoms with Crippen LogP contribution < -0.4 is 4.74 Å². The summed E-state index contributed by atoms with van der Waals surface area (Å²) in [6, 6.07) is 14.0. The van der Waals surface area contributed by atoms with Gasteiger partial charge in [0.1, 0.15) is 24.6 Å². The van der Waals surface area contributed by atoms with Crippen molar-refractivity contribution in [1.29, 1.82) is 10.5 Å². The smallest absolute Gasteiger partial charge is 0.135 e. The number of nitrogens with zero attached hydrogens (tertiary/aromatic N) is 2. The van der Waals surface area contributed by atoms with Crippen molar-refractivity contribution in [2.75, 3.05) is 6.61 Å². The highest BCUT2D eigenvalue weighted by Crippen LogP contribution is 2.28. The second-order valence-electron chi connectivity index (χ2n) is 6.68. The second kappa shape index (κ2) is 7.11. The Morgan fingerprint density at radius 3 is 2.56 bits per heavy atom. The van der Waals surface area contributed by atoms with E-state index in [1.54, 1.807) is 25.1 Å². The van der Waals surface area contributed by atoms with Gasteiger partial charge in [-0.2, -0.15) is 10.5 Å². The van der Waals surface area contributed by atoms with Crippen molar-refractivity contribution in [2.24, 2.45) is 0 Å². The first-order valence-corrected chi connectivity index (χ1v) is 8.36. The molecule has 0 aliphatic carbocycles. The van der Waals surface area contributed by atoms with Crippen molar-refractivity contribution in [3.8, 4) is 17.9 Å². The van der Waals surface area contributed by atoms with Crippen molar-refractivity contribution in [3.05, 3.63) is 64.3 Å². The summed E-state index contributed by atoms with van der Waals surface area (Å²) in [7, 11) is 0. The van der Waals surface area contributed by atoms with Crippen LogP contribution in [0.5, 0.6) is 5.75 Å². The normalized spacial score (nSPS) is 13.0. The Hall–Kier alpha value is -3.35. The number of benzene rings is 2. The van der Waals surface area contributed by atoms with Gasteiger partial charge in [-0.05, 0) is 55.8 Å². The number of aryl methyl sites for hydroxylation is 1. The summed E-state index contributed by atoms with van der Waals surface area (Å²) >= 11 is 0. The topological polar surface area (TPSA) is 92.8 Å². The number of hydrogen-bond acceptors (Lipinski definition) is 4. The molecular formula is C21H18FN3O2. The number of rotatable bonds is 5. The Morgan fingerprint density at radius 2 is 1.89 bits per heavy atom. The molecule has 0 spiro atoms. The van der Waals surface area contributed by atoms with Crippen molar-refractivity contribution in [1.82, 2.24) is 4.98 Å². The van der Waals surface area contributed by atoms with Crippen LogP contribution in [0.2, 0.25) is 0 Å². The van der Waals surface area contributed by atoms with Gasteiger partial charge in [0, 0.05) is 16.5 Å². The van der Waals surface area contributed by atoms with Crippen molar-refractivity contribution in [2.45, 2.75) is 26.1 Å². The molecule has 0 radical (unpaired) electrons. The minimum atomic E-state index is -1.33. The summed E-state index contributed by atoms with van der Waals surface area (Å²) in [5.41, 5.74) is 1.98. The number of ether oxygens (including phenoxy) is 1. The highest BCUT2D eigenvalue weighted by molar-refractivity contribution is 5.83. The molecule has 0 aliphatic rings. The molecule has 3 rings (SSSR count). The summed E-state index contributed by atoms with van der Waals surface area (Å²) in [6.45, 7) is 2.63. The van der Waals surface area contributed by atoms with Crippen molar-refractivity contribution >= 4 is 10.9 Å². The molecule has 1 atom stereocenters. The van der Waals surface area contributed by atoms with E-state index >= 15 is 0 Å². The third-order valence-corrected chi connectivity index (χ3v) is 4.53. The van der Waals surface area contributed by atoms with E-state index < -0.39 is 12.3 Å². The molecule has 136 valence electrons. The summed E-state index contributed by atoms with van der Waals surface area (Å²) in [4.78, 5) is 3.16. The minimum absolute atomic E-state index is 0.0679. The molecule has 2 aromatic carbocycles. The lowest BCUT2D eigenvalue weighted by Gasteiger charge is -2.22. The van der Waals surface area contributed by atoms with Crippen LogP contribution in [-0.2, 0) is 12.3 Å². The molecule has 0 amide bonds. The van der Waals surface area contributed by atoms with E-state index in [1.165, 1.54) is 12.1 Å². The SMILES string of the molecule is Cc1cc2[nH]c(C(C)(O)COc3ccc(C#N)c(CF)c3)cc2cc1C#N. The average molecular weight is 363 g/mol. The molecule has 1 unspecified atom stereocenters. The zero-order valence-electron chi connectivity index (χ0n) is 15.0. The fraction of sp³-hybridized carbons (Fsp3) is 0.238. The van der Waals surface area contributed by atoms with Crippen LogP contribution in [0.3, 0.4) is 0 Å². The number of alkyl halides is 1. The summed E-state index contributed by atoms with van der Waals surface area (Å²) in [5.74, 6) is 0.376. The Morgan fingerprint density at radius 1 is 1.15 bits per heavy atom. The zero-order valence-corrected chi connectivity index (χ0v) is 15.0. The standard InChI is InChI=1S/C21H18FN3O2/c1-13-5-19-15(6-17(13)11-24)8-20(25-19)21(2,26)12-27-18-4-3-14(10-23)16(7-18)9-22/h3-8,25-26H,9,12H2,1-2H3. The van der Waals surface area contributed by atoms with Crippen molar-refractivity contribution in [3.63, 3.8) is 0 Å². The van der Waals surface area contributed by atoms with Crippen molar-refractivity contribution < 1.29 is 14.2 Å². The van der Waals surface area contributed by atoms with E-state index in [-0.39, 0.29) is 17.7 Å². The first-order valence-electron chi connectivity index (χ1n) is 8.36. The van der Waals surface area contributed by atoms with Gasteiger partial charge in [-0.1, -0.05) is 0 Å². The molecule has 2 N–H and O–H groups in total. The molecule has 27 heavy (non-hydrogen) atoms. The number of fused-ring (bicyclic) bond motifs is 1. The summed E-state index contributed by atoms with van der Waals surface area (Å²) in [6.07, 6.45) is 0. The van der Waals surface area contributed by atoms with Crippen LogP contribution in [0.1, 0.15) is 34.9 Å². The molecule has 1 aromatic heterocycles. The largest absolute Gasteiger partial charge is 0.490 e. The molecule has 0 fully saturated rings. The number of aliphatic hydroxyl groups is 1. The fourth-order valence-corrected chi connectivity index (χ4v) is 2.88. The first-order chi connectivity index (χ1) is 12.9. The van der Waals surface area contributed by atoms with Gasteiger partial charge in [0.25, 0.3) is 0 Å². The maximum absolute atomic E-state index is 13.0. The number of halogens is 1. The molecule has 3 aromatic rings. The van der Waals surface area contributed by atoms with Gasteiger partial charge < -0.3 is 14.8 Å². The number of hydrogen-bond donors (Lipinski definition) is 2. The van der Waals surface area contributed by atoms with Crippen LogP contribution >= 0.6 is 0 Å². The Bertz CT molecular complexity index is 1090. The predicted molar refractivity (Wildman–Crippen MR) is 98.8 cm³/mol. The van der Waals surface area contributed by atoms with Gasteiger partial charge in [-0.15, -0.1) is 0 Å². The summed E-state index contributed by atoms with van der Waals surface area (Å²) < 4.78 is 18.7. The molecular weight excluding hydrogens is 345 g/mol. The lowest BCUT2D eigenvalue weighted by molar-refractivity contribution is 0.00448. The Kier molecular flexibility index (Phi) is 4.85. The third-order valence-electron chi connectivity index (χ3n) is 4.53. The molecule has 0 aliphatic heterocycles. The van der Waals surface area contributed by atoms with Gasteiger partial charge in [0.15, 0.2) is 0 Å². The molecule has 6 heteroatoms. The lowest BCUT2D eigenvalue weighted by atomic mass is 10.0. The molecule has 1 heterocycles. The monoisotopic (exact) mass is 363 g/mol. The number of nitrogens with one attached hydrogen (secondary N) is 1. The van der Waals surface area contributed by atoms with Gasteiger partial charge >= 0.3 is 0 Å². The minimum Gasteiger partial charge on any atom is -0.490 e. The highest BCUT2D eigenvalue weighted by atomic mass is 19.1. The lowest BCUT2D eigenvalue weighted by Crippen LogP contribution is -2.29. The first kappa shape index (κ1) is 18.4. The van der Waals surface area contributed by atoms with Crippen LogP contribution in [0.4, 0.5) is 4.39 Å². The van der Waals surface area contributed by atoms with Gasteiger partial charge in [0.2, 0.25) is 0 Å². The van der Waals surface area contributed by atoms with Crippen LogP contribution in [-0.4, -0.2) is 16.7 Å². The summed E-state index contributed by atoms with van der Waals surface area (Å²) in [5, 5.41) is 29.8. The highest BCUT2D eigenvalue weighted by Gasteiger charge is 2.27. The zero-order chi connectivity index (χ0) is 19.6. The third kappa shape index (κ3) is 3.62. The van der Waals surface area contributed by atoms with Gasteiger partial charge in [0.05, 0.1) is 29.0 Å². The Labute approximate surface area is 156 Å². The number of H-pyrrole nitrogens is 1. The second-order valence-corrected chi connectivity index (χ2v) is 6.68. The number of nitriles is 2. The molecule has 0 saturated carbocycles. The number of aromatic amines is 1. The Balaban J connectivity index is 1.84. The predicted octanol–water partition coefficient (Wildman–Crippen LogP) is 3.98. The van der Waals surface area contributed by atoms with Gasteiger partial charge in [-0.3, -0.25) is 0 Å². The maximum Gasteiger partial charge on any atom is 0.135 e. The van der Waals surface area contributed by atoms with E-state index in [4.69, 9.17) is 15.3 Å². The average Bonchev–Trinajstić information content (AvgIpc) is 3.09. The van der Waals surface area contributed by atoms with Gasteiger partial charge in [-0.25, -0.2) is 4.39 Å². The van der Waals surface area contributed by atoms with E-state index in [1.807, 2.05) is 19.1 Å². The molecule has 0 bridgehead atoms. The van der Waals surface area contributed by atoms with E-state index in [9.17, 15) is 9.50 Å². The quantitative estimate of drug-likeness (QED) is 0.717. The van der Waals surface area contributed by atoms with Crippen LogP contribution in [0, 0.1) is 29.6 Å². The van der Waals surface area contributed by atoms with E-state index in [0.717, 1.165) is 16.5 Å². The fourth-order valence-electron chi connectivity index (χ4n) is 2.88.